The fourth-order valence-electron chi connectivity index (χ4n) is 6.28. The molecule has 0 saturated carbocycles. The second kappa shape index (κ2) is 10.0. The molecule has 0 atom stereocenters. The summed E-state index contributed by atoms with van der Waals surface area (Å²) in [6, 6.07) is 49.4. The zero-order valence-corrected chi connectivity index (χ0v) is 24.4. The van der Waals surface area contributed by atoms with E-state index >= 15 is 0 Å². The summed E-state index contributed by atoms with van der Waals surface area (Å²) in [6.45, 7) is 0. The van der Waals surface area contributed by atoms with Gasteiger partial charge in [0.25, 0.3) is 0 Å². The SMILES string of the molecule is c1ccc(-c2ncnc3c2oc2ccc(-c4cccc(-c5cccc(-c6cccc7c6sc6ccccc67)c5)c4)cc23)cc1. The number of furan rings is 1. The zero-order valence-electron chi connectivity index (χ0n) is 23.6. The smallest absolute Gasteiger partial charge is 0.180 e. The van der Waals surface area contributed by atoms with Crippen LogP contribution in [0.25, 0.3) is 86.9 Å². The van der Waals surface area contributed by atoms with Crippen LogP contribution in [-0.4, -0.2) is 9.97 Å². The van der Waals surface area contributed by atoms with Crippen LogP contribution in [0.15, 0.2) is 150 Å². The average Bonchev–Trinajstić information content (AvgIpc) is 3.67. The van der Waals surface area contributed by atoms with Crippen molar-refractivity contribution in [1.82, 2.24) is 9.97 Å². The molecule has 3 heterocycles. The summed E-state index contributed by atoms with van der Waals surface area (Å²) in [5.74, 6) is 0. The second-order valence-electron chi connectivity index (χ2n) is 11.0. The van der Waals surface area contributed by atoms with Crippen molar-refractivity contribution in [2.75, 3.05) is 0 Å². The van der Waals surface area contributed by atoms with Gasteiger partial charge in [-0.3, -0.25) is 0 Å². The van der Waals surface area contributed by atoms with Crippen molar-refractivity contribution < 1.29 is 4.42 Å². The van der Waals surface area contributed by atoms with E-state index in [1.54, 1.807) is 6.33 Å². The number of rotatable bonds is 4. The second-order valence-corrected chi connectivity index (χ2v) is 12.1. The van der Waals surface area contributed by atoms with Crippen LogP contribution in [-0.2, 0) is 0 Å². The summed E-state index contributed by atoms with van der Waals surface area (Å²) in [5, 5.41) is 3.63. The molecule has 0 fully saturated rings. The van der Waals surface area contributed by atoms with E-state index in [2.05, 4.69) is 113 Å². The lowest BCUT2D eigenvalue weighted by molar-refractivity contribution is 0.667. The molecule has 0 radical (unpaired) electrons. The Morgan fingerprint density at radius 1 is 0.477 bits per heavy atom. The number of nitrogens with zero attached hydrogens (tertiary/aromatic N) is 2. The van der Waals surface area contributed by atoms with Crippen LogP contribution in [0, 0.1) is 0 Å². The molecular formula is C40H24N2OS. The molecule has 0 aliphatic heterocycles. The molecule has 9 aromatic rings. The van der Waals surface area contributed by atoms with E-state index in [9.17, 15) is 0 Å². The van der Waals surface area contributed by atoms with Crippen LogP contribution in [0.2, 0.25) is 0 Å². The minimum absolute atomic E-state index is 0.713. The number of benzene rings is 6. The fourth-order valence-corrected chi connectivity index (χ4v) is 7.51. The predicted molar refractivity (Wildman–Crippen MR) is 184 cm³/mol. The topological polar surface area (TPSA) is 38.9 Å². The molecule has 0 saturated heterocycles. The van der Waals surface area contributed by atoms with Crippen molar-refractivity contribution in [3.8, 4) is 44.6 Å². The summed E-state index contributed by atoms with van der Waals surface area (Å²) in [6.07, 6.45) is 1.62. The van der Waals surface area contributed by atoms with Crippen molar-refractivity contribution in [2.45, 2.75) is 0 Å². The van der Waals surface area contributed by atoms with Crippen LogP contribution in [0.3, 0.4) is 0 Å². The van der Waals surface area contributed by atoms with Gasteiger partial charge in [0.1, 0.15) is 23.1 Å². The third-order valence-electron chi connectivity index (χ3n) is 8.40. The van der Waals surface area contributed by atoms with Crippen LogP contribution in [0.1, 0.15) is 0 Å². The lowest BCUT2D eigenvalue weighted by Crippen LogP contribution is -1.86. The molecule has 0 amide bonds. The molecule has 0 N–H and O–H groups in total. The lowest BCUT2D eigenvalue weighted by Gasteiger charge is -2.09. The van der Waals surface area contributed by atoms with Crippen LogP contribution >= 0.6 is 11.3 Å². The van der Waals surface area contributed by atoms with Gasteiger partial charge >= 0.3 is 0 Å². The molecule has 9 rings (SSSR count). The fraction of sp³-hybridized carbons (Fsp3) is 0. The van der Waals surface area contributed by atoms with Crippen LogP contribution < -0.4 is 0 Å². The highest BCUT2D eigenvalue weighted by atomic mass is 32.1. The highest BCUT2D eigenvalue weighted by Crippen LogP contribution is 2.41. The zero-order chi connectivity index (χ0) is 29.0. The maximum atomic E-state index is 6.30. The van der Waals surface area contributed by atoms with E-state index < -0.39 is 0 Å². The van der Waals surface area contributed by atoms with Crippen molar-refractivity contribution in [1.29, 1.82) is 0 Å². The van der Waals surface area contributed by atoms with Crippen LogP contribution in [0.5, 0.6) is 0 Å². The molecule has 4 heteroatoms. The third-order valence-corrected chi connectivity index (χ3v) is 9.62. The van der Waals surface area contributed by atoms with E-state index in [-0.39, 0.29) is 0 Å². The summed E-state index contributed by atoms with van der Waals surface area (Å²) < 4.78 is 8.96. The van der Waals surface area contributed by atoms with Gasteiger partial charge in [0.05, 0.1) is 0 Å². The van der Waals surface area contributed by atoms with Crippen molar-refractivity contribution in [2.24, 2.45) is 0 Å². The molecule has 0 bridgehead atoms. The number of hydrogen-bond donors (Lipinski definition) is 0. The highest BCUT2D eigenvalue weighted by Gasteiger charge is 2.16. The molecule has 0 aliphatic carbocycles. The van der Waals surface area contributed by atoms with Crippen molar-refractivity contribution in [3.63, 3.8) is 0 Å². The Bertz CT molecular complexity index is 2510. The molecule has 0 unspecified atom stereocenters. The Labute approximate surface area is 257 Å². The standard InChI is InChI=1S/C40H24N2OS/c1-2-9-25(10-3-1)37-39-38(42-24-41-37)34-23-29(19-20-35(34)43-39)27-12-6-11-26(21-27)28-13-7-14-30(22-28)31-16-8-17-33-32-15-4-5-18-36(32)44-40(31)33/h1-24H. The normalized spacial score (nSPS) is 11.6. The Balaban J connectivity index is 1.12. The van der Waals surface area contributed by atoms with Gasteiger partial charge in [0.2, 0.25) is 0 Å². The minimum atomic E-state index is 0.713. The molecule has 6 aromatic carbocycles. The lowest BCUT2D eigenvalue weighted by atomic mass is 9.95. The maximum Gasteiger partial charge on any atom is 0.180 e. The summed E-state index contributed by atoms with van der Waals surface area (Å²) in [5.41, 5.74) is 11.3. The van der Waals surface area contributed by atoms with Gasteiger partial charge in [0.15, 0.2) is 5.58 Å². The largest absolute Gasteiger partial charge is 0.452 e. The molecule has 44 heavy (non-hydrogen) atoms. The quantitative estimate of drug-likeness (QED) is 0.208. The molecule has 0 spiro atoms. The van der Waals surface area contributed by atoms with E-state index in [1.165, 1.54) is 42.4 Å². The van der Waals surface area contributed by atoms with E-state index in [0.717, 1.165) is 38.9 Å². The Kier molecular flexibility index (Phi) is 5.68. The monoisotopic (exact) mass is 580 g/mol. The molecule has 3 nitrogen and oxygen atoms in total. The van der Waals surface area contributed by atoms with Gasteiger partial charge < -0.3 is 4.42 Å². The van der Waals surface area contributed by atoms with Crippen LogP contribution in [0.4, 0.5) is 0 Å². The molecule has 3 aromatic heterocycles. The summed E-state index contributed by atoms with van der Waals surface area (Å²) in [4.78, 5) is 9.18. The summed E-state index contributed by atoms with van der Waals surface area (Å²) in [7, 11) is 0. The van der Waals surface area contributed by atoms with Gasteiger partial charge in [-0.25, -0.2) is 9.97 Å². The summed E-state index contributed by atoms with van der Waals surface area (Å²) >= 11 is 1.87. The molecule has 206 valence electrons. The van der Waals surface area contributed by atoms with Gasteiger partial charge in [-0.1, -0.05) is 109 Å². The Morgan fingerprint density at radius 2 is 1.14 bits per heavy atom. The number of aromatic nitrogens is 2. The number of fused-ring (bicyclic) bond motifs is 6. The first-order valence-electron chi connectivity index (χ1n) is 14.6. The predicted octanol–water partition coefficient (Wildman–Crippen LogP) is 11.4. The van der Waals surface area contributed by atoms with Crippen molar-refractivity contribution in [3.05, 3.63) is 146 Å². The Morgan fingerprint density at radius 3 is 1.98 bits per heavy atom. The molecular weight excluding hydrogens is 557 g/mol. The number of hydrogen-bond acceptors (Lipinski definition) is 4. The van der Waals surface area contributed by atoms with Gasteiger partial charge in [0, 0.05) is 31.1 Å². The van der Waals surface area contributed by atoms with E-state index in [0.29, 0.717) is 5.58 Å². The first-order valence-corrected chi connectivity index (χ1v) is 15.5. The van der Waals surface area contributed by atoms with Gasteiger partial charge in [-0.15, -0.1) is 11.3 Å². The van der Waals surface area contributed by atoms with E-state index in [1.807, 2.05) is 47.7 Å². The number of thiophene rings is 1. The van der Waals surface area contributed by atoms with Gasteiger partial charge in [-0.2, -0.15) is 0 Å². The highest BCUT2D eigenvalue weighted by molar-refractivity contribution is 7.26. The van der Waals surface area contributed by atoms with Gasteiger partial charge in [-0.05, 0) is 63.7 Å². The third kappa shape index (κ3) is 4.03. The minimum Gasteiger partial charge on any atom is -0.452 e. The maximum absolute atomic E-state index is 6.30. The van der Waals surface area contributed by atoms with E-state index in [4.69, 9.17) is 4.42 Å². The average molecular weight is 581 g/mol. The van der Waals surface area contributed by atoms with Crippen molar-refractivity contribution >= 4 is 53.6 Å². The first-order chi connectivity index (χ1) is 21.8. The first kappa shape index (κ1) is 25.0. The Hall–Kier alpha value is -5.58. The molecule has 0 aliphatic rings.